The highest BCUT2D eigenvalue weighted by atomic mass is 16.5. The van der Waals surface area contributed by atoms with Gasteiger partial charge in [-0.2, -0.15) is 0 Å². The number of aryl methyl sites for hydroxylation is 2. The van der Waals surface area contributed by atoms with E-state index in [1.807, 2.05) is 49.4 Å². The molecule has 2 aliphatic rings. The highest BCUT2D eigenvalue weighted by Gasteiger charge is 2.55. The van der Waals surface area contributed by atoms with Gasteiger partial charge in [-0.15, -0.1) is 0 Å². The Morgan fingerprint density at radius 3 is 2.80 bits per heavy atom. The molecule has 1 N–H and O–H groups in total. The van der Waals surface area contributed by atoms with Crippen LogP contribution in [0.15, 0.2) is 42.5 Å². The Balaban J connectivity index is 1.69. The van der Waals surface area contributed by atoms with Gasteiger partial charge in [0.2, 0.25) is 0 Å². The Morgan fingerprint density at radius 1 is 1.20 bits per heavy atom. The highest BCUT2D eigenvalue weighted by molar-refractivity contribution is 6.08. The third-order valence-electron chi connectivity index (χ3n) is 5.19. The molecule has 25 heavy (non-hydrogen) atoms. The number of ether oxygens (including phenoxy) is 1. The van der Waals surface area contributed by atoms with Crippen molar-refractivity contribution in [3.05, 3.63) is 64.7 Å². The van der Waals surface area contributed by atoms with E-state index in [9.17, 15) is 9.59 Å². The van der Waals surface area contributed by atoms with E-state index in [2.05, 4.69) is 5.32 Å². The first-order valence-corrected chi connectivity index (χ1v) is 8.41. The fourth-order valence-electron chi connectivity index (χ4n) is 3.93. The molecule has 1 atom stereocenters. The van der Waals surface area contributed by atoms with Crippen molar-refractivity contribution in [2.75, 3.05) is 7.11 Å². The minimum absolute atomic E-state index is 0.175. The van der Waals surface area contributed by atoms with Crippen LogP contribution in [-0.4, -0.2) is 23.9 Å². The minimum Gasteiger partial charge on any atom is -0.496 e. The number of urea groups is 1. The summed E-state index contributed by atoms with van der Waals surface area (Å²) in [6.07, 6.45) is 1.40. The van der Waals surface area contributed by atoms with Crippen molar-refractivity contribution in [2.24, 2.45) is 0 Å². The summed E-state index contributed by atoms with van der Waals surface area (Å²) < 4.78 is 5.38. The van der Waals surface area contributed by atoms with Gasteiger partial charge in [-0.25, -0.2) is 4.79 Å². The molecule has 0 aromatic heterocycles. The Labute approximate surface area is 146 Å². The average Bonchev–Trinajstić information content (AvgIpc) is 3.09. The van der Waals surface area contributed by atoms with Crippen molar-refractivity contribution in [1.29, 1.82) is 0 Å². The zero-order valence-corrected chi connectivity index (χ0v) is 14.3. The summed E-state index contributed by atoms with van der Waals surface area (Å²) in [4.78, 5) is 27.1. The van der Waals surface area contributed by atoms with Crippen LogP contribution in [0.2, 0.25) is 0 Å². The smallest absolute Gasteiger partial charge is 0.325 e. The number of benzene rings is 2. The van der Waals surface area contributed by atoms with Crippen molar-refractivity contribution in [3.63, 3.8) is 0 Å². The van der Waals surface area contributed by atoms with Crippen LogP contribution in [0.4, 0.5) is 4.79 Å². The fourth-order valence-corrected chi connectivity index (χ4v) is 3.93. The zero-order valence-electron chi connectivity index (χ0n) is 14.3. The molecule has 1 aliphatic heterocycles. The van der Waals surface area contributed by atoms with E-state index in [1.165, 1.54) is 4.90 Å². The van der Waals surface area contributed by atoms with Crippen LogP contribution in [0.25, 0.3) is 0 Å². The SMILES string of the molecule is COc1ccc(C)cc1CN1C(=O)NC2(CCc3ccccc32)C1=O. The minimum atomic E-state index is -0.912. The molecule has 1 spiro atoms. The topological polar surface area (TPSA) is 58.6 Å². The van der Waals surface area contributed by atoms with Crippen LogP contribution < -0.4 is 10.1 Å². The molecule has 5 heteroatoms. The van der Waals surface area contributed by atoms with E-state index in [1.54, 1.807) is 7.11 Å². The largest absolute Gasteiger partial charge is 0.496 e. The van der Waals surface area contributed by atoms with Gasteiger partial charge in [0, 0.05) is 5.56 Å². The van der Waals surface area contributed by atoms with Gasteiger partial charge < -0.3 is 10.1 Å². The molecule has 1 saturated heterocycles. The van der Waals surface area contributed by atoms with E-state index >= 15 is 0 Å². The van der Waals surface area contributed by atoms with Crippen LogP contribution in [0.5, 0.6) is 5.75 Å². The molecular formula is C20H20N2O3. The number of imide groups is 1. The molecule has 1 unspecified atom stereocenters. The molecule has 0 radical (unpaired) electrons. The number of hydrogen-bond donors (Lipinski definition) is 1. The monoisotopic (exact) mass is 336 g/mol. The van der Waals surface area contributed by atoms with Gasteiger partial charge in [0.25, 0.3) is 5.91 Å². The van der Waals surface area contributed by atoms with E-state index in [0.29, 0.717) is 12.2 Å². The van der Waals surface area contributed by atoms with Gasteiger partial charge >= 0.3 is 6.03 Å². The first-order chi connectivity index (χ1) is 12.0. The Hall–Kier alpha value is -2.82. The third-order valence-corrected chi connectivity index (χ3v) is 5.19. The normalized spacial score (nSPS) is 21.6. The predicted octanol–water partition coefficient (Wildman–Crippen LogP) is 2.90. The molecule has 2 aromatic carbocycles. The summed E-state index contributed by atoms with van der Waals surface area (Å²) >= 11 is 0. The maximum atomic E-state index is 13.2. The summed E-state index contributed by atoms with van der Waals surface area (Å²) in [5.74, 6) is 0.505. The zero-order chi connectivity index (χ0) is 17.6. The molecule has 2 aromatic rings. The Kier molecular flexibility index (Phi) is 3.53. The number of nitrogens with zero attached hydrogens (tertiary/aromatic N) is 1. The Morgan fingerprint density at radius 2 is 2.00 bits per heavy atom. The van der Waals surface area contributed by atoms with Crippen molar-refractivity contribution < 1.29 is 14.3 Å². The maximum absolute atomic E-state index is 13.2. The number of carbonyl (C=O) groups excluding carboxylic acids is 2. The van der Waals surface area contributed by atoms with Crippen molar-refractivity contribution in [1.82, 2.24) is 10.2 Å². The van der Waals surface area contributed by atoms with Gasteiger partial charge in [0.1, 0.15) is 11.3 Å². The molecule has 1 heterocycles. The number of rotatable bonds is 3. The maximum Gasteiger partial charge on any atom is 0.325 e. The molecular weight excluding hydrogens is 316 g/mol. The van der Waals surface area contributed by atoms with Crippen molar-refractivity contribution in [2.45, 2.75) is 31.8 Å². The molecule has 128 valence electrons. The second-order valence-corrected chi connectivity index (χ2v) is 6.70. The summed E-state index contributed by atoms with van der Waals surface area (Å²) in [6, 6.07) is 13.3. The van der Waals surface area contributed by atoms with Crippen LogP contribution in [-0.2, 0) is 23.3 Å². The van der Waals surface area contributed by atoms with Crippen LogP contribution in [0, 0.1) is 6.92 Å². The second-order valence-electron chi connectivity index (χ2n) is 6.70. The lowest BCUT2D eigenvalue weighted by Crippen LogP contribution is -2.41. The molecule has 1 fully saturated rings. The van der Waals surface area contributed by atoms with E-state index in [0.717, 1.165) is 28.7 Å². The van der Waals surface area contributed by atoms with Crippen LogP contribution in [0.3, 0.4) is 0 Å². The molecule has 3 amide bonds. The first-order valence-electron chi connectivity index (χ1n) is 8.41. The van der Waals surface area contributed by atoms with E-state index < -0.39 is 5.54 Å². The molecule has 4 rings (SSSR count). The number of nitrogens with one attached hydrogen (secondary N) is 1. The standard InChI is InChI=1S/C20H20N2O3/c1-13-7-8-17(25-2)15(11-13)12-22-18(23)20(21-19(22)24)10-9-14-5-3-4-6-16(14)20/h3-8,11H,9-10,12H2,1-2H3,(H,21,24). The van der Waals surface area contributed by atoms with Gasteiger partial charge in [-0.05, 0) is 37.0 Å². The van der Waals surface area contributed by atoms with Crippen molar-refractivity contribution in [3.8, 4) is 5.75 Å². The summed E-state index contributed by atoms with van der Waals surface area (Å²) in [5, 5.41) is 2.95. The van der Waals surface area contributed by atoms with Crippen LogP contribution >= 0.6 is 0 Å². The van der Waals surface area contributed by atoms with Gasteiger partial charge in [0.05, 0.1) is 13.7 Å². The quantitative estimate of drug-likeness (QED) is 0.877. The highest BCUT2D eigenvalue weighted by Crippen LogP contribution is 2.41. The third kappa shape index (κ3) is 2.30. The lowest BCUT2D eigenvalue weighted by atomic mass is 9.92. The summed E-state index contributed by atoms with van der Waals surface area (Å²) in [7, 11) is 1.59. The fraction of sp³-hybridized carbons (Fsp3) is 0.300. The summed E-state index contributed by atoms with van der Waals surface area (Å²) in [5.41, 5.74) is 3.03. The van der Waals surface area contributed by atoms with Gasteiger partial charge in [-0.1, -0.05) is 42.0 Å². The lowest BCUT2D eigenvalue weighted by molar-refractivity contribution is -0.132. The molecule has 1 aliphatic carbocycles. The molecule has 5 nitrogen and oxygen atoms in total. The van der Waals surface area contributed by atoms with E-state index in [4.69, 9.17) is 4.74 Å². The number of amides is 3. The van der Waals surface area contributed by atoms with Gasteiger partial charge in [-0.3, -0.25) is 9.69 Å². The Bertz CT molecular complexity index is 877. The molecule has 0 bridgehead atoms. The number of carbonyl (C=O) groups is 2. The first kappa shape index (κ1) is 15.7. The number of fused-ring (bicyclic) bond motifs is 2. The van der Waals surface area contributed by atoms with E-state index in [-0.39, 0.29) is 18.5 Å². The van der Waals surface area contributed by atoms with Crippen LogP contribution in [0.1, 0.15) is 28.7 Å². The van der Waals surface area contributed by atoms with Crippen molar-refractivity contribution >= 4 is 11.9 Å². The second kappa shape index (κ2) is 5.62. The number of methoxy groups -OCH3 is 1. The average molecular weight is 336 g/mol. The summed E-state index contributed by atoms with van der Waals surface area (Å²) in [6.45, 7) is 2.18. The lowest BCUT2D eigenvalue weighted by Gasteiger charge is -2.22. The molecule has 0 saturated carbocycles. The number of hydrogen-bond acceptors (Lipinski definition) is 3. The predicted molar refractivity (Wildman–Crippen MR) is 93.3 cm³/mol. The van der Waals surface area contributed by atoms with Gasteiger partial charge in [0.15, 0.2) is 0 Å².